The molecule has 1 aliphatic heterocycles. The molecule has 158 valence electrons. The quantitative estimate of drug-likeness (QED) is 0.639. The van der Waals surface area contributed by atoms with Crippen molar-refractivity contribution in [2.45, 2.75) is 18.9 Å². The molecular weight excluding hydrogens is 390 g/mol. The Bertz CT molecular complexity index is 1070. The van der Waals surface area contributed by atoms with Gasteiger partial charge in [0.1, 0.15) is 11.8 Å². The Labute approximate surface area is 181 Å². The number of para-hydroxylation sites is 1. The van der Waals surface area contributed by atoms with Crippen LogP contribution in [0.2, 0.25) is 0 Å². The Morgan fingerprint density at radius 1 is 1.00 bits per heavy atom. The summed E-state index contributed by atoms with van der Waals surface area (Å²) in [6, 6.07) is 23.6. The second-order valence-corrected chi connectivity index (χ2v) is 7.44. The van der Waals surface area contributed by atoms with E-state index >= 15 is 0 Å². The van der Waals surface area contributed by atoms with Crippen molar-refractivity contribution in [1.82, 2.24) is 5.32 Å². The zero-order valence-corrected chi connectivity index (χ0v) is 17.4. The van der Waals surface area contributed by atoms with Gasteiger partial charge in [0.2, 0.25) is 5.91 Å². The second kappa shape index (κ2) is 9.34. The average Bonchev–Trinajstić information content (AvgIpc) is 3.23. The topological polar surface area (TPSA) is 70.7 Å². The van der Waals surface area contributed by atoms with Gasteiger partial charge in [0.15, 0.2) is 0 Å². The molecule has 4 rings (SSSR count). The molecule has 1 unspecified atom stereocenters. The molecule has 0 aliphatic carbocycles. The lowest BCUT2D eigenvalue weighted by Crippen LogP contribution is -2.50. The van der Waals surface area contributed by atoms with Crippen LogP contribution in [0.15, 0.2) is 78.9 Å². The fraction of sp³-hybridized carbons (Fsp3) is 0.200. The molecule has 3 aromatic rings. The van der Waals surface area contributed by atoms with Crippen molar-refractivity contribution in [1.29, 1.82) is 0 Å². The van der Waals surface area contributed by atoms with Crippen LogP contribution in [0.3, 0.4) is 0 Å². The second-order valence-electron chi connectivity index (χ2n) is 7.44. The van der Waals surface area contributed by atoms with Gasteiger partial charge in [-0.3, -0.25) is 4.79 Å². The van der Waals surface area contributed by atoms with E-state index in [1.807, 2.05) is 54.6 Å². The molecule has 0 radical (unpaired) electrons. The van der Waals surface area contributed by atoms with E-state index in [1.165, 1.54) is 0 Å². The summed E-state index contributed by atoms with van der Waals surface area (Å²) in [7, 11) is 1.57. The normalized spacial score (nSPS) is 13.3. The number of amides is 3. The molecule has 1 heterocycles. The first-order chi connectivity index (χ1) is 15.1. The van der Waals surface area contributed by atoms with Gasteiger partial charge < -0.3 is 20.3 Å². The Balaban J connectivity index is 1.53. The standard InChI is InChI=1S/C25H25N3O3/c1-31-21-12-7-11-20(17-21)26-25(30)27-22(16-18-8-3-2-4-9-18)24(29)28-15-14-19-10-5-6-13-23(19)28/h2-13,17,22H,14-16H2,1H3,(H2,26,27,30). The number of anilines is 2. The van der Waals surface area contributed by atoms with Crippen LogP contribution in [0.1, 0.15) is 11.1 Å². The van der Waals surface area contributed by atoms with Crippen molar-refractivity contribution >= 4 is 23.3 Å². The number of fused-ring (bicyclic) bond motifs is 1. The number of hydrogen-bond acceptors (Lipinski definition) is 3. The zero-order chi connectivity index (χ0) is 21.6. The highest BCUT2D eigenvalue weighted by Gasteiger charge is 2.31. The molecule has 1 aliphatic rings. The lowest BCUT2D eigenvalue weighted by Gasteiger charge is -2.25. The lowest BCUT2D eigenvalue weighted by molar-refractivity contribution is -0.120. The molecule has 6 heteroatoms. The van der Waals surface area contributed by atoms with Crippen LogP contribution in [0.4, 0.5) is 16.2 Å². The predicted octanol–water partition coefficient (Wildman–Crippen LogP) is 4.02. The molecule has 0 saturated carbocycles. The summed E-state index contributed by atoms with van der Waals surface area (Å²) in [4.78, 5) is 28.0. The number of nitrogens with one attached hydrogen (secondary N) is 2. The Morgan fingerprint density at radius 3 is 2.58 bits per heavy atom. The molecule has 0 bridgehead atoms. The molecule has 2 N–H and O–H groups in total. The maximum atomic E-state index is 13.5. The highest BCUT2D eigenvalue weighted by molar-refractivity contribution is 6.02. The third-order valence-corrected chi connectivity index (χ3v) is 5.37. The number of methoxy groups -OCH3 is 1. The number of nitrogens with zero attached hydrogens (tertiary/aromatic N) is 1. The average molecular weight is 415 g/mol. The molecule has 0 aromatic heterocycles. The van der Waals surface area contributed by atoms with Gasteiger partial charge in [-0.25, -0.2) is 4.79 Å². The zero-order valence-electron chi connectivity index (χ0n) is 17.4. The smallest absolute Gasteiger partial charge is 0.319 e. The fourth-order valence-corrected chi connectivity index (χ4v) is 3.83. The summed E-state index contributed by atoms with van der Waals surface area (Å²) < 4.78 is 5.20. The van der Waals surface area contributed by atoms with E-state index in [0.717, 1.165) is 23.2 Å². The van der Waals surface area contributed by atoms with Gasteiger partial charge in [-0.05, 0) is 35.7 Å². The third-order valence-electron chi connectivity index (χ3n) is 5.37. The first kappa shape index (κ1) is 20.5. The largest absolute Gasteiger partial charge is 0.497 e. The SMILES string of the molecule is COc1cccc(NC(=O)NC(Cc2ccccc2)C(=O)N2CCc3ccccc32)c1. The van der Waals surface area contributed by atoms with E-state index in [-0.39, 0.29) is 5.91 Å². The minimum Gasteiger partial charge on any atom is -0.497 e. The van der Waals surface area contributed by atoms with Gasteiger partial charge in [-0.2, -0.15) is 0 Å². The number of hydrogen-bond donors (Lipinski definition) is 2. The van der Waals surface area contributed by atoms with E-state index in [4.69, 9.17) is 4.74 Å². The molecule has 0 saturated heterocycles. The van der Waals surface area contributed by atoms with Crippen molar-refractivity contribution in [2.24, 2.45) is 0 Å². The molecule has 0 fully saturated rings. The minimum atomic E-state index is -0.695. The number of rotatable bonds is 6. The van der Waals surface area contributed by atoms with Gasteiger partial charge >= 0.3 is 6.03 Å². The van der Waals surface area contributed by atoms with Crippen LogP contribution in [-0.4, -0.2) is 31.6 Å². The monoisotopic (exact) mass is 415 g/mol. The molecule has 3 aromatic carbocycles. The van der Waals surface area contributed by atoms with Crippen molar-refractivity contribution in [3.63, 3.8) is 0 Å². The fourth-order valence-electron chi connectivity index (χ4n) is 3.83. The van der Waals surface area contributed by atoms with Gasteiger partial charge in [-0.1, -0.05) is 54.6 Å². The maximum absolute atomic E-state index is 13.5. The van der Waals surface area contributed by atoms with E-state index < -0.39 is 12.1 Å². The van der Waals surface area contributed by atoms with Gasteiger partial charge in [0, 0.05) is 30.4 Å². The Hall–Kier alpha value is -3.80. The third kappa shape index (κ3) is 4.86. The van der Waals surface area contributed by atoms with Gasteiger partial charge in [-0.15, -0.1) is 0 Å². The van der Waals surface area contributed by atoms with Crippen molar-refractivity contribution in [3.8, 4) is 5.75 Å². The van der Waals surface area contributed by atoms with Crippen molar-refractivity contribution < 1.29 is 14.3 Å². The first-order valence-corrected chi connectivity index (χ1v) is 10.3. The molecule has 0 spiro atoms. The highest BCUT2D eigenvalue weighted by Crippen LogP contribution is 2.28. The van der Waals surface area contributed by atoms with Crippen LogP contribution in [0.25, 0.3) is 0 Å². The molecule has 1 atom stereocenters. The van der Waals surface area contributed by atoms with Crippen molar-refractivity contribution in [2.75, 3.05) is 23.9 Å². The van der Waals surface area contributed by atoms with Crippen LogP contribution in [0.5, 0.6) is 5.75 Å². The molecule has 3 amide bonds. The Kier molecular flexibility index (Phi) is 6.17. The van der Waals surface area contributed by atoms with E-state index in [0.29, 0.717) is 24.4 Å². The molecule has 6 nitrogen and oxygen atoms in total. The number of carbonyl (C=O) groups excluding carboxylic acids is 2. The molecule has 31 heavy (non-hydrogen) atoms. The summed E-state index contributed by atoms with van der Waals surface area (Å²) in [5.74, 6) is 0.526. The van der Waals surface area contributed by atoms with Gasteiger partial charge in [0.25, 0.3) is 0 Å². The summed E-state index contributed by atoms with van der Waals surface area (Å²) in [6.45, 7) is 0.614. The predicted molar refractivity (Wildman–Crippen MR) is 122 cm³/mol. The van der Waals surface area contributed by atoms with Gasteiger partial charge in [0.05, 0.1) is 7.11 Å². The highest BCUT2D eigenvalue weighted by atomic mass is 16.5. The number of carbonyl (C=O) groups is 2. The summed E-state index contributed by atoms with van der Waals surface area (Å²) >= 11 is 0. The minimum absolute atomic E-state index is 0.116. The number of urea groups is 1. The summed E-state index contributed by atoms with van der Waals surface area (Å²) in [5, 5.41) is 5.67. The maximum Gasteiger partial charge on any atom is 0.319 e. The molecular formula is C25H25N3O3. The summed E-state index contributed by atoms with van der Waals surface area (Å²) in [5.41, 5.74) is 3.64. The van der Waals surface area contributed by atoms with Crippen LogP contribution in [-0.2, 0) is 17.6 Å². The first-order valence-electron chi connectivity index (χ1n) is 10.3. The number of benzene rings is 3. The Morgan fingerprint density at radius 2 is 1.77 bits per heavy atom. The lowest BCUT2D eigenvalue weighted by atomic mass is 10.0. The van der Waals surface area contributed by atoms with Crippen LogP contribution >= 0.6 is 0 Å². The number of ether oxygens (including phenoxy) is 1. The van der Waals surface area contributed by atoms with E-state index in [2.05, 4.69) is 10.6 Å². The van der Waals surface area contributed by atoms with E-state index in [1.54, 1.807) is 36.3 Å². The summed E-state index contributed by atoms with van der Waals surface area (Å²) in [6.07, 6.45) is 1.22. The van der Waals surface area contributed by atoms with E-state index in [9.17, 15) is 9.59 Å². The van der Waals surface area contributed by atoms with Crippen molar-refractivity contribution in [3.05, 3.63) is 90.0 Å². The van der Waals surface area contributed by atoms with Crippen LogP contribution in [0, 0.1) is 0 Å². The van der Waals surface area contributed by atoms with Crippen LogP contribution < -0.4 is 20.3 Å².